The number of aliphatic hydroxyl groups is 1. The highest BCUT2D eigenvalue weighted by Crippen LogP contribution is 2.39. The van der Waals surface area contributed by atoms with E-state index in [1.54, 1.807) is 29.2 Å². The molecule has 1 atom stereocenters. The minimum Gasteiger partial charge on any atom is -0.489 e. The Morgan fingerprint density at radius 1 is 1.19 bits per heavy atom. The lowest BCUT2D eigenvalue weighted by Gasteiger charge is -2.24. The van der Waals surface area contributed by atoms with Crippen LogP contribution in [0.1, 0.15) is 28.8 Å². The van der Waals surface area contributed by atoms with Crippen LogP contribution in [0.3, 0.4) is 0 Å². The lowest BCUT2D eigenvalue weighted by Crippen LogP contribution is -2.34. The van der Waals surface area contributed by atoms with Crippen molar-refractivity contribution in [3.63, 3.8) is 0 Å². The van der Waals surface area contributed by atoms with Gasteiger partial charge in [0.2, 0.25) is 0 Å². The predicted molar refractivity (Wildman–Crippen MR) is 97.9 cm³/mol. The third-order valence-corrected chi connectivity index (χ3v) is 5.25. The van der Waals surface area contributed by atoms with Crippen LogP contribution in [-0.4, -0.2) is 42.2 Å². The van der Waals surface area contributed by atoms with Gasteiger partial charge in [-0.25, -0.2) is 4.39 Å². The summed E-state index contributed by atoms with van der Waals surface area (Å²) in [4.78, 5) is 14.5. The van der Waals surface area contributed by atoms with Crippen LogP contribution in [0.4, 0.5) is 4.39 Å². The van der Waals surface area contributed by atoms with E-state index in [-0.39, 0.29) is 18.3 Å². The van der Waals surface area contributed by atoms with Gasteiger partial charge in [-0.1, -0.05) is 23.7 Å². The van der Waals surface area contributed by atoms with Gasteiger partial charge < -0.3 is 19.5 Å². The lowest BCUT2D eigenvalue weighted by atomic mass is 9.93. The highest BCUT2D eigenvalue weighted by atomic mass is 35.5. The zero-order valence-corrected chi connectivity index (χ0v) is 15.3. The summed E-state index contributed by atoms with van der Waals surface area (Å²) in [6, 6.07) is 8.90. The molecule has 4 rings (SSSR count). The van der Waals surface area contributed by atoms with Gasteiger partial charge in [0.25, 0.3) is 5.91 Å². The topological polar surface area (TPSA) is 59.0 Å². The number of β-amino-alcohol motifs (C(OH)–C–C–N with tert-alkyl or cyclic N) is 1. The molecule has 2 heterocycles. The zero-order chi connectivity index (χ0) is 19.0. The van der Waals surface area contributed by atoms with Gasteiger partial charge in [-0.05, 0) is 36.2 Å². The van der Waals surface area contributed by atoms with Gasteiger partial charge in [-0.2, -0.15) is 0 Å². The molecule has 2 aliphatic rings. The standard InChI is InChI=1S/C20H19ClFNO4/c21-16-10-13(11-17-18(16)27-9-1-8-26-17)19(24)23-7-6-20(25,12-23)14-2-4-15(22)5-3-14/h2-5,10-11,25H,1,6-9,12H2. The molecule has 0 spiro atoms. The van der Waals surface area contributed by atoms with E-state index in [9.17, 15) is 14.3 Å². The van der Waals surface area contributed by atoms with Crippen molar-refractivity contribution in [2.24, 2.45) is 0 Å². The highest BCUT2D eigenvalue weighted by molar-refractivity contribution is 6.32. The van der Waals surface area contributed by atoms with Gasteiger partial charge >= 0.3 is 0 Å². The number of carbonyl (C=O) groups is 1. The van der Waals surface area contributed by atoms with Crippen LogP contribution in [0.25, 0.3) is 0 Å². The smallest absolute Gasteiger partial charge is 0.254 e. The van der Waals surface area contributed by atoms with Crippen molar-refractivity contribution in [2.45, 2.75) is 18.4 Å². The minimum absolute atomic E-state index is 0.128. The Kier molecular flexibility index (Phi) is 4.70. The summed E-state index contributed by atoms with van der Waals surface area (Å²) in [5.74, 6) is 0.298. The molecule has 0 radical (unpaired) electrons. The van der Waals surface area contributed by atoms with Crippen LogP contribution in [0.15, 0.2) is 36.4 Å². The summed E-state index contributed by atoms with van der Waals surface area (Å²) in [5.41, 5.74) is -0.221. The van der Waals surface area contributed by atoms with E-state index in [2.05, 4.69) is 0 Å². The average molecular weight is 392 g/mol. The van der Waals surface area contributed by atoms with E-state index < -0.39 is 5.60 Å². The van der Waals surface area contributed by atoms with Crippen molar-refractivity contribution >= 4 is 17.5 Å². The number of halogens is 2. The van der Waals surface area contributed by atoms with E-state index in [0.29, 0.717) is 53.8 Å². The number of amides is 1. The maximum Gasteiger partial charge on any atom is 0.254 e. The fourth-order valence-electron chi connectivity index (χ4n) is 3.50. The molecule has 142 valence electrons. The number of hydrogen-bond donors (Lipinski definition) is 1. The number of hydrogen-bond acceptors (Lipinski definition) is 4. The van der Waals surface area contributed by atoms with Crippen LogP contribution in [0, 0.1) is 5.82 Å². The maximum absolute atomic E-state index is 13.1. The van der Waals surface area contributed by atoms with Crippen molar-refractivity contribution in [1.82, 2.24) is 4.90 Å². The number of nitrogens with zero attached hydrogens (tertiary/aromatic N) is 1. The van der Waals surface area contributed by atoms with Crippen LogP contribution in [-0.2, 0) is 5.60 Å². The molecule has 2 aromatic carbocycles. The van der Waals surface area contributed by atoms with E-state index in [0.717, 1.165) is 6.42 Å². The molecule has 0 aliphatic carbocycles. The second kappa shape index (κ2) is 7.02. The van der Waals surface area contributed by atoms with Crippen molar-refractivity contribution in [3.8, 4) is 11.5 Å². The van der Waals surface area contributed by atoms with Gasteiger partial charge in [0.05, 0.1) is 24.8 Å². The molecule has 7 heteroatoms. The number of fused-ring (bicyclic) bond motifs is 1. The van der Waals surface area contributed by atoms with Crippen molar-refractivity contribution < 1.29 is 23.8 Å². The van der Waals surface area contributed by atoms with E-state index in [1.165, 1.54) is 12.1 Å². The fraction of sp³-hybridized carbons (Fsp3) is 0.350. The van der Waals surface area contributed by atoms with Crippen LogP contribution < -0.4 is 9.47 Å². The Bertz CT molecular complexity index is 873. The normalized spacial score (nSPS) is 21.8. The summed E-state index contributed by atoms with van der Waals surface area (Å²) in [6.07, 6.45) is 1.12. The number of benzene rings is 2. The van der Waals surface area contributed by atoms with Crippen molar-refractivity contribution in [2.75, 3.05) is 26.3 Å². The Balaban J connectivity index is 1.56. The molecular weight excluding hydrogens is 373 g/mol. The molecule has 0 bridgehead atoms. The monoisotopic (exact) mass is 391 g/mol. The molecule has 5 nitrogen and oxygen atoms in total. The van der Waals surface area contributed by atoms with Crippen LogP contribution in [0.5, 0.6) is 11.5 Å². The Morgan fingerprint density at radius 2 is 1.93 bits per heavy atom. The van der Waals surface area contributed by atoms with Gasteiger partial charge in [-0.15, -0.1) is 0 Å². The molecule has 1 unspecified atom stereocenters. The van der Waals surface area contributed by atoms with E-state index >= 15 is 0 Å². The SMILES string of the molecule is O=C(c1cc(Cl)c2c(c1)OCCCO2)N1CCC(O)(c2ccc(F)cc2)C1. The third kappa shape index (κ3) is 3.47. The fourth-order valence-corrected chi connectivity index (χ4v) is 3.76. The van der Waals surface area contributed by atoms with Crippen LogP contribution >= 0.6 is 11.6 Å². The molecular formula is C20H19ClFNO4. The lowest BCUT2D eigenvalue weighted by molar-refractivity contribution is 0.0417. The molecule has 1 N–H and O–H groups in total. The average Bonchev–Trinajstić information content (AvgIpc) is 2.90. The first-order valence-electron chi connectivity index (χ1n) is 8.83. The molecule has 0 saturated carbocycles. The number of ether oxygens (including phenoxy) is 2. The quantitative estimate of drug-likeness (QED) is 0.852. The predicted octanol–water partition coefficient (Wildman–Crippen LogP) is 3.37. The molecule has 2 aliphatic heterocycles. The maximum atomic E-state index is 13.1. The molecule has 0 aromatic heterocycles. The van der Waals surface area contributed by atoms with E-state index in [4.69, 9.17) is 21.1 Å². The van der Waals surface area contributed by atoms with Gasteiger partial charge in [0.1, 0.15) is 11.4 Å². The summed E-state index contributed by atoms with van der Waals surface area (Å²) >= 11 is 6.28. The Hall–Kier alpha value is -2.31. The third-order valence-electron chi connectivity index (χ3n) is 4.97. The molecule has 27 heavy (non-hydrogen) atoms. The summed E-state index contributed by atoms with van der Waals surface area (Å²) in [6.45, 7) is 1.52. The largest absolute Gasteiger partial charge is 0.489 e. The highest BCUT2D eigenvalue weighted by Gasteiger charge is 2.40. The van der Waals surface area contributed by atoms with Crippen molar-refractivity contribution in [3.05, 3.63) is 58.4 Å². The second-order valence-corrected chi connectivity index (χ2v) is 7.26. The van der Waals surface area contributed by atoms with Crippen LogP contribution in [0.2, 0.25) is 5.02 Å². The summed E-state index contributed by atoms with van der Waals surface area (Å²) in [5, 5.41) is 11.2. The molecule has 1 fully saturated rings. The number of carbonyl (C=O) groups excluding carboxylic acids is 1. The minimum atomic E-state index is -1.20. The second-order valence-electron chi connectivity index (χ2n) is 6.85. The van der Waals surface area contributed by atoms with Gasteiger partial charge in [0, 0.05) is 18.5 Å². The molecule has 2 aromatic rings. The first kappa shape index (κ1) is 18.1. The number of rotatable bonds is 2. The molecule has 1 amide bonds. The number of likely N-dealkylation sites (tertiary alicyclic amines) is 1. The Morgan fingerprint density at radius 3 is 2.70 bits per heavy atom. The summed E-state index contributed by atoms with van der Waals surface area (Å²) < 4.78 is 24.4. The molecule has 1 saturated heterocycles. The first-order chi connectivity index (χ1) is 13.0. The van der Waals surface area contributed by atoms with Crippen molar-refractivity contribution in [1.29, 1.82) is 0 Å². The van der Waals surface area contributed by atoms with Gasteiger partial charge in [-0.3, -0.25) is 4.79 Å². The van der Waals surface area contributed by atoms with E-state index in [1.807, 2.05) is 0 Å². The Labute approximate surface area is 161 Å². The van der Waals surface area contributed by atoms with Gasteiger partial charge in [0.15, 0.2) is 11.5 Å². The zero-order valence-electron chi connectivity index (χ0n) is 14.6. The first-order valence-corrected chi connectivity index (χ1v) is 9.21. The summed E-state index contributed by atoms with van der Waals surface area (Å²) in [7, 11) is 0.